The summed E-state index contributed by atoms with van der Waals surface area (Å²) >= 11 is 3.26. The van der Waals surface area contributed by atoms with Crippen LogP contribution in [0, 0.1) is 0 Å². The average Bonchev–Trinajstić information content (AvgIpc) is 2.73. The molecule has 0 unspecified atom stereocenters. The molecular weight excluding hydrogens is 547 g/mol. The molecule has 1 aromatic carbocycles. The number of aliphatic carboxylic acids is 1. The van der Waals surface area contributed by atoms with Crippen LogP contribution in [0.15, 0.2) is 45.9 Å². The highest BCUT2D eigenvalue weighted by atomic mass is 79.9. The SMILES string of the molecule is CCCN(CCC)c1ncc(NS(=O)(=O)c2ccc(Br)cc2)cc1C(=O)O.O=C(O)C(F)(F)F. The van der Waals surface area contributed by atoms with Crippen molar-refractivity contribution in [2.45, 2.75) is 37.8 Å². The molecule has 0 aliphatic heterocycles. The number of alkyl halides is 3. The Kier molecular flexibility index (Phi) is 10.8. The number of halogens is 4. The lowest BCUT2D eigenvalue weighted by atomic mass is 10.2. The fourth-order valence-electron chi connectivity index (χ4n) is 2.61. The molecule has 0 atom stereocenters. The van der Waals surface area contributed by atoms with Gasteiger partial charge in [0, 0.05) is 17.6 Å². The Bertz CT molecular complexity index is 1090. The Balaban J connectivity index is 0.000000718. The van der Waals surface area contributed by atoms with E-state index >= 15 is 0 Å². The number of sulfonamides is 1. The van der Waals surface area contributed by atoms with E-state index in [0.717, 1.165) is 17.3 Å². The lowest BCUT2D eigenvalue weighted by Gasteiger charge is -2.24. The first kappa shape index (κ1) is 29.2. The number of aromatic nitrogens is 1. The van der Waals surface area contributed by atoms with Crippen LogP contribution in [0.3, 0.4) is 0 Å². The van der Waals surface area contributed by atoms with Crippen molar-refractivity contribution >= 4 is 49.4 Å². The zero-order valence-corrected chi connectivity index (χ0v) is 20.5. The number of nitrogens with one attached hydrogen (secondary N) is 1. The summed E-state index contributed by atoms with van der Waals surface area (Å²) in [5.74, 6) is -3.57. The van der Waals surface area contributed by atoms with Gasteiger partial charge in [-0.05, 0) is 43.2 Å². The molecule has 1 heterocycles. The minimum atomic E-state index is -5.08. The van der Waals surface area contributed by atoms with Crippen LogP contribution in [-0.2, 0) is 14.8 Å². The lowest BCUT2D eigenvalue weighted by Crippen LogP contribution is -2.28. The smallest absolute Gasteiger partial charge is 0.478 e. The third kappa shape index (κ3) is 8.82. The second-order valence-electron chi connectivity index (χ2n) is 6.75. The standard InChI is InChI=1S/C18H22BrN3O4S.C2HF3O2/c1-3-9-22(10-4-2)17-16(18(23)24)11-14(12-20-17)21-27(25,26)15-7-5-13(19)6-8-15;3-2(4,5)1(6)7/h5-8,11-12,21H,3-4,9-10H2,1-2H3,(H,23,24);(H,6,7). The first-order valence-corrected chi connectivity index (χ1v) is 12.1. The number of carbonyl (C=O) groups is 2. The van der Waals surface area contributed by atoms with Crippen molar-refractivity contribution < 1.29 is 41.4 Å². The molecule has 14 heteroatoms. The molecule has 0 aliphatic carbocycles. The van der Waals surface area contributed by atoms with Crippen LogP contribution in [0.25, 0.3) is 0 Å². The van der Waals surface area contributed by atoms with Gasteiger partial charge in [0.05, 0.1) is 16.8 Å². The van der Waals surface area contributed by atoms with Gasteiger partial charge in [-0.3, -0.25) is 4.72 Å². The maximum absolute atomic E-state index is 12.5. The predicted octanol–water partition coefficient (Wildman–Crippen LogP) is 4.60. The fourth-order valence-corrected chi connectivity index (χ4v) is 3.91. The predicted molar refractivity (Wildman–Crippen MR) is 123 cm³/mol. The van der Waals surface area contributed by atoms with Crippen molar-refractivity contribution in [3.05, 3.63) is 46.6 Å². The minimum absolute atomic E-state index is 0.0343. The third-order valence-electron chi connectivity index (χ3n) is 4.00. The first-order chi connectivity index (χ1) is 15.7. The summed E-state index contributed by atoms with van der Waals surface area (Å²) in [6.45, 7) is 5.35. The Labute approximate surface area is 202 Å². The van der Waals surface area contributed by atoms with Crippen LogP contribution < -0.4 is 9.62 Å². The number of rotatable bonds is 9. The number of benzene rings is 1. The van der Waals surface area contributed by atoms with E-state index in [0.29, 0.717) is 18.9 Å². The van der Waals surface area contributed by atoms with Gasteiger partial charge >= 0.3 is 18.1 Å². The van der Waals surface area contributed by atoms with E-state index in [1.807, 2.05) is 18.7 Å². The third-order valence-corrected chi connectivity index (χ3v) is 5.93. The van der Waals surface area contributed by atoms with E-state index in [2.05, 4.69) is 25.6 Å². The van der Waals surface area contributed by atoms with Gasteiger partial charge in [-0.1, -0.05) is 29.8 Å². The summed E-state index contributed by atoms with van der Waals surface area (Å²) in [5, 5.41) is 16.7. The largest absolute Gasteiger partial charge is 0.490 e. The Morgan fingerprint density at radius 2 is 1.59 bits per heavy atom. The molecule has 2 rings (SSSR count). The maximum Gasteiger partial charge on any atom is 0.490 e. The zero-order valence-electron chi connectivity index (χ0n) is 18.1. The Morgan fingerprint density at radius 3 is 2.00 bits per heavy atom. The van der Waals surface area contributed by atoms with Gasteiger partial charge in [-0.2, -0.15) is 13.2 Å². The highest BCUT2D eigenvalue weighted by Gasteiger charge is 2.38. The Hall–Kier alpha value is -2.87. The van der Waals surface area contributed by atoms with Gasteiger partial charge in [0.15, 0.2) is 0 Å². The molecule has 3 N–H and O–H groups in total. The summed E-state index contributed by atoms with van der Waals surface area (Å²) in [4.78, 5) is 26.8. The molecule has 0 saturated carbocycles. The molecule has 1 aromatic heterocycles. The van der Waals surface area contributed by atoms with Crippen LogP contribution in [0.4, 0.5) is 24.7 Å². The molecule has 0 aliphatic rings. The van der Waals surface area contributed by atoms with Gasteiger partial charge in [-0.15, -0.1) is 0 Å². The second-order valence-corrected chi connectivity index (χ2v) is 9.35. The highest BCUT2D eigenvalue weighted by Crippen LogP contribution is 2.24. The van der Waals surface area contributed by atoms with Gasteiger partial charge in [-0.25, -0.2) is 23.0 Å². The molecule has 2 aromatic rings. The van der Waals surface area contributed by atoms with Crippen molar-refractivity contribution in [3.63, 3.8) is 0 Å². The van der Waals surface area contributed by atoms with Crippen molar-refractivity contribution in [1.29, 1.82) is 0 Å². The van der Waals surface area contributed by atoms with Crippen molar-refractivity contribution in [3.8, 4) is 0 Å². The van der Waals surface area contributed by atoms with E-state index in [-0.39, 0.29) is 16.1 Å². The summed E-state index contributed by atoms with van der Waals surface area (Å²) in [6.07, 6.45) is -2.05. The van der Waals surface area contributed by atoms with E-state index in [1.165, 1.54) is 24.4 Å². The number of hydrogen-bond donors (Lipinski definition) is 3. The van der Waals surface area contributed by atoms with Crippen LogP contribution >= 0.6 is 15.9 Å². The molecule has 188 valence electrons. The van der Waals surface area contributed by atoms with Gasteiger partial charge in [0.2, 0.25) is 0 Å². The van der Waals surface area contributed by atoms with Crippen molar-refractivity contribution in [1.82, 2.24) is 4.98 Å². The fraction of sp³-hybridized carbons (Fsp3) is 0.350. The molecule has 0 amide bonds. The van der Waals surface area contributed by atoms with Crippen LogP contribution in [0.5, 0.6) is 0 Å². The zero-order chi connectivity index (χ0) is 26.1. The molecule has 0 fully saturated rings. The van der Waals surface area contributed by atoms with Crippen LogP contribution in [0.2, 0.25) is 0 Å². The molecule has 0 spiro atoms. The van der Waals surface area contributed by atoms with E-state index < -0.39 is 28.1 Å². The molecule has 0 saturated heterocycles. The van der Waals surface area contributed by atoms with Gasteiger partial charge < -0.3 is 15.1 Å². The topological polar surface area (TPSA) is 137 Å². The summed E-state index contributed by atoms with van der Waals surface area (Å²) in [5.41, 5.74) is 0.0694. The number of nitrogens with zero attached hydrogens (tertiary/aromatic N) is 2. The number of anilines is 2. The Morgan fingerprint density at radius 1 is 1.09 bits per heavy atom. The summed E-state index contributed by atoms with van der Waals surface area (Å²) in [6, 6.07) is 7.45. The van der Waals surface area contributed by atoms with E-state index in [4.69, 9.17) is 9.90 Å². The summed E-state index contributed by atoms with van der Waals surface area (Å²) in [7, 11) is -3.84. The number of hydrogen-bond acceptors (Lipinski definition) is 6. The number of carboxylic acids is 2. The molecule has 0 bridgehead atoms. The van der Waals surface area contributed by atoms with Crippen LogP contribution in [-0.4, -0.2) is 54.8 Å². The highest BCUT2D eigenvalue weighted by molar-refractivity contribution is 9.10. The maximum atomic E-state index is 12.5. The number of pyridine rings is 1. The van der Waals surface area contributed by atoms with Gasteiger partial charge in [0.1, 0.15) is 11.4 Å². The molecule has 34 heavy (non-hydrogen) atoms. The minimum Gasteiger partial charge on any atom is -0.478 e. The van der Waals surface area contributed by atoms with Crippen molar-refractivity contribution in [2.75, 3.05) is 22.7 Å². The number of carboxylic acid groups (broad SMARTS) is 2. The second kappa shape index (κ2) is 12.6. The quantitative estimate of drug-likeness (QED) is 0.398. The van der Waals surface area contributed by atoms with E-state index in [1.54, 1.807) is 12.1 Å². The summed E-state index contributed by atoms with van der Waals surface area (Å²) < 4.78 is 59.9. The molecular formula is C20H23BrF3N3O6S. The van der Waals surface area contributed by atoms with Crippen LogP contribution in [0.1, 0.15) is 37.0 Å². The molecule has 9 nitrogen and oxygen atoms in total. The lowest BCUT2D eigenvalue weighted by molar-refractivity contribution is -0.192. The van der Waals surface area contributed by atoms with Gasteiger partial charge in [0.25, 0.3) is 10.0 Å². The first-order valence-electron chi connectivity index (χ1n) is 9.79. The molecule has 0 radical (unpaired) electrons. The monoisotopic (exact) mass is 569 g/mol. The average molecular weight is 570 g/mol. The van der Waals surface area contributed by atoms with E-state index in [9.17, 15) is 31.5 Å². The number of aromatic carboxylic acids is 1. The van der Waals surface area contributed by atoms with Crippen molar-refractivity contribution in [2.24, 2.45) is 0 Å². The normalized spacial score (nSPS) is 11.2.